The van der Waals surface area contributed by atoms with Crippen LogP contribution in [0.5, 0.6) is 0 Å². The van der Waals surface area contributed by atoms with Gasteiger partial charge in [0.05, 0.1) is 5.69 Å². The summed E-state index contributed by atoms with van der Waals surface area (Å²) >= 11 is 1.39. The minimum absolute atomic E-state index is 0.121. The van der Waals surface area contributed by atoms with Gasteiger partial charge in [-0.05, 0) is 25.0 Å². The Morgan fingerprint density at radius 3 is 2.84 bits per heavy atom. The van der Waals surface area contributed by atoms with Gasteiger partial charge >= 0.3 is 0 Å². The summed E-state index contributed by atoms with van der Waals surface area (Å²) in [6.07, 6.45) is 0.826. The van der Waals surface area contributed by atoms with Gasteiger partial charge in [-0.2, -0.15) is 0 Å². The number of anilines is 1. The summed E-state index contributed by atoms with van der Waals surface area (Å²) in [6, 6.07) is 7.47. The first kappa shape index (κ1) is 13.7. The normalized spacial score (nSPS) is 12.2. The average Bonchev–Trinajstić information content (AvgIpc) is 2.87. The first-order valence-corrected chi connectivity index (χ1v) is 7.10. The number of amides is 1. The van der Waals surface area contributed by atoms with Crippen LogP contribution in [-0.4, -0.2) is 10.9 Å². The Bertz CT molecular complexity index is 578. The summed E-state index contributed by atoms with van der Waals surface area (Å²) < 4.78 is 0. The van der Waals surface area contributed by atoms with Crippen LogP contribution in [0.15, 0.2) is 29.6 Å². The summed E-state index contributed by atoms with van der Waals surface area (Å²) in [5.41, 5.74) is 8.27. The predicted molar refractivity (Wildman–Crippen MR) is 78.5 cm³/mol. The topological polar surface area (TPSA) is 68.0 Å². The third kappa shape index (κ3) is 3.19. The molecule has 0 saturated heterocycles. The largest absolute Gasteiger partial charge is 0.323 e. The Kier molecular flexibility index (Phi) is 4.29. The second-order valence-electron chi connectivity index (χ2n) is 4.33. The molecule has 4 nitrogen and oxygen atoms in total. The quantitative estimate of drug-likeness (QED) is 0.901. The number of rotatable bonds is 4. The maximum Gasteiger partial charge on any atom is 0.257 e. The Morgan fingerprint density at radius 2 is 2.21 bits per heavy atom. The van der Waals surface area contributed by atoms with Crippen LogP contribution in [0.3, 0.4) is 0 Å². The molecular weight excluding hydrogens is 258 g/mol. The summed E-state index contributed by atoms with van der Waals surface area (Å²) in [5, 5.41) is 5.27. The van der Waals surface area contributed by atoms with E-state index in [1.165, 1.54) is 11.3 Å². The van der Waals surface area contributed by atoms with E-state index in [2.05, 4.69) is 10.3 Å². The molecule has 1 aromatic heterocycles. The highest BCUT2D eigenvalue weighted by Crippen LogP contribution is 2.20. The molecule has 2 aromatic rings. The van der Waals surface area contributed by atoms with E-state index in [1.807, 2.05) is 43.5 Å². The predicted octanol–water partition coefficient (Wildman–Crippen LogP) is 2.98. The highest BCUT2D eigenvalue weighted by atomic mass is 32.1. The van der Waals surface area contributed by atoms with Crippen molar-refractivity contribution in [3.8, 4) is 0 Å². The number of nitrogens with two attached hydrogens (primary N) is 1. The van der Waals surface area contributed by atoms with E-state index >= 15 is 0 Å². The van der Waals surface area contributed by atoms with Gasteiger partial charge in [-0.1, -0.05) is 25.1 Å². The van der Waals surface area contributed by atoms with Gasteiger partial charge in [-0.25, -0.2) is 4.98 Å². The molecule has 100 valence electrons. The van der Waals surface area contributed by atoms with Crippen LogP contribution < -0.4 is 11.1 Å². The molecule has 1 aromatic carbocycles. The fourth-order valence-corrected chi connectivity index (χ4v) is 2.58. The number of hydrogen-bond acceptors (Lipinski definition) is 4. The second kappa shape index (κ2) is 5.95. The molecule has 1 heterocycles. The molecule has 19 heavy (non-hydrogen) atoms. The van der Waals surface area contributed by atoms with Crippen molar-refractivity contribution in [2.45, 2.75) is 26.3 Å². The summed E-state index contributed by atoms with van der Waals surface area (Å²) in [6.45, 7) is 3.90. The van der Waals surface area contributed by atoms with Crippen LogP contribution in [0, 0.1) is 0 Å². The highest BCUT2D eigenvalue weighted by molar-refractivity contribution is 7.14. The second-order valence-corrected chi connectivity index (χ2v) is 5.19. The zero-order valence-electron chi connectivity index (χ0n) is 11.0. The molecule has 1 amide bonds. The monoisotopic (exact) mass is 275 g/mol. The number of nitrogens with one attached hydrogen (secondary N) is 1. The Hall–Kier alpha value is -1.72. The van der Waals surface area contributed by atoms with Gasteiger partial charge in [0.15, 0.2) is 5.13 Å². The average molecular weight is 275 g/mol. The van der Waals surface area contributed by atoms with Crippen molar-refractivity contribution in [2.24, 2.45) is 5.73 Å². The first-order chi connectivity index (χ1) is 9.11. The minimum atomic E-state index is -0.122. The Morgan fingerprint density at radius 1 is 1.47 bits per heavy atom. The zero-order valence-corrected chi connectivity index (χ0v) is 11.8. The van der Waals surface area contributed by atoms with E-state index in [1.54, 1.807) is 0 Å². The number of thiazole rings is 1. The number of nitrogens with zero attached hydrogens (tertiary/aromatic N) is 1. The van der Waals surface area contributed by atoms with Crippen molar-refractivity contribution >= 4 is 22.4 Å². The smallest absolute Gasteiger partial charge is 0.257 e. The molecule has 5 heteroatoms. The molecule has 0 radical (unpaired) electrons. The maximum atomic E-state index is 12.2. The number of hydrogen-bond donors (Lipinski definition) is 2. The van der Waals surface area contributed by atoms with Gasteiger partial charge < -0.3 is 5.73 Å². The SMILES string of the molecule is CCc1ccccc1C(=O)Nc1nc(C(C)N)cs1. The van der Waals surface area contributed by atoms with Gasteiger partial charge in [-0.3, -0.25) is 10.1 Å². The minimum Gasteiger partial charge on any atom is -0.323 e. The van der Waals surface area contributed by atoms with Crippen LogP contribution in [0.4, 0.5) is 5.13 Å². The fraction of sp³-hybridized carbons (Fsp3) is 0.286. The Balaban J connectivity index is 2.16. The van der Waals surface area contributed by atoms with E-state index in [4.69, 9.17) is 5.73 Å². The van der Waals surface area contributed by atoms with Crippen LogP contribution in [0.1, 0.15) is 41.5 Å². The fourth-order valence-electron chi connectivity index (χ4n) is 1.77. The lowest BCUT2D eigenvalue weighted by molar-refractivity contribution is 0.102. The van der Waals surface area contributed by atoms with Crippen LogP contribution in [0.25, 0.3) is 0 Å². The lowest BCUT2D eigenvalue weighted by Crippen LogP contribution is -2.14. The number of carbonyl (C=O) groups excluding carboxylic acids is 1. The lowest BCUT2D eigenvalue weighted by atomic mass is 10.1. The van der Waals surface area contributed by atoms with Crippen molar-refractivity contribution < 1.29 is 4.79 Å². The van der Waals surface area contributed by atoms with Crippen LogP contribution in [-0.2, 0) is 6.42 Å². The summed E-state index contributed by atoms with van der Waals surface area (Å²) in [7, 11) is 0. The molecule has 0 aliphatic carbocycles. The number of benzene rings is 1. The maximum absolute atomic E-state index is 12.2. The third-order valence-electron chi connectivity index (χ3n) is 2.85. The van der Waals surface area contributed by atoms with E-state index in [9.17, 15) is 4.79 Å². The number of carbonyl (C=O) groups is 1. The third-order valence-corrected chi connectivity index (χ3v) is 3.63. The van der Waals surface area contributed by atoms with Gasteiger partial charge in [-0.15, -0.1) is 11.3 Å². The van der Waals surface area contributed by atoms with Gasteiger partial charge in [0.2, 0.25) is 0 Å². The molecule has 0 aliphatic rings. The van der Waals surface area contributed by atoms with Gasteiger partial charge in [0.1, 0.15) is 0 Å². The van der Waals surface area contributed by atoms with Crippen molar-refractivity contribution in [3.05, 3.63) is 46.5 Å². The Labute approximate surface area is 116 Å². The van der Waals surface area contributed by atoms with E-state index < -0.39 is 0 Å². The van der Waals surface area contributed by atoms with E-state index in [0.29, 0.717) is 10.7 Å². The molecule has 0 fully saturated rings. The van der Waals surface area contributed by atoms with E-state index in [0.717, 1.165) is 17.7 Å². The molecular formula is C14H17N3OS. The molecule has 1 atom stereocenters. The number of aromatic nitrogens is 1. The standard InChI is InChI=1S/C14H17N3OS/c1-3-10-6-4-5-7-11(10)13(18)17-14-16-12(8-19-14)9(2)15/h4-9H,3,15H2,1-2H3,(H,16,17,18). The first-order valence-electron chi connectivity index (χ1n) is 6.22. The lowest BCUT2D eigenvalue weighted by Gasteiger charge is -2.06. The number of aryl methyl sites for hydroxylation is 1. The molecule has 0 spiro atoms. The van der Waals surface area contributed by atoms with Crippen molar-refractivity contribution in [1.29, 1.82) is 0 Å². The summed E-state index contributed by atoms with van der Waals surface area (Å²) in [5.74, 6) is -0.122. The van der Waals surface area contributed by atoms with Crippen molar-refractivity contribution in [3.63, 3.8) is 0 Å². The van der Waals surface area contributed by atoms with Gasteiger partial charge in [0.25, 0.3) is 5.91 Å². The van der Waals surface area contributed by atoms with Crippen molar-refractivity contribution in [2.75, 3.05) is 5.32 Å². The molecule has 0 bridgehead atoms. The molecule has 3 N–H and O–H groups in total. The zero-order chi connectivity index (χ0) is 13.8. The van der Waals surface area contributed by atoms with Crippen LogP contribution >= 0.6 is 11.3 Å². The summed E-state index contributed by atoms with van der Waals surface area (Å²) in [4.78, 5) is 16.5. The van der Waals surface area contributed by atoms with Gasteiger partial charge in [0, 0.05) is 17.0 Å². The highest BCUT2D eigenvalue weighted by Gasteiger charge is 2.12. The molecule has 0 saturated carbocycles. The van der Waals surface area contributed by atoms with Crippen molar-refractivity contribution in [1.82, 2.24) is 4.98 Å². The molecule has 1 unspecified atom stereocenters. The molecule has 0 aliphatic heterocycles. The van der Waals surface area contributed by atoms with E-state index in [-0.39, 0.29) is 11.9 Å². The van der Waals surface area contributed by atoms with Crippen LogP contribution in [0.2, 0.25) is 0 Å². The molecule has 2 rings (SSSR count).